The number of nitro groups is 1. The molecule has 20 heavy (non-hydrogen) atoms. The van der Waals surface area contributed by atoms with Crippen molar-refractivity contribution >= 4 is 43.2 Å². The normalized spacial score (nSPS) is 10.6. The summed E-state index contributed by atoms with van der Waals surface area (Å²) in [6.45, 7) is 4.14. The molecule has 1 heterocycles. The molecule has 2 rings (SSSR count). The highest BCUT2D eigenvalue weighted by Crippen LogP contribution is 2.30. The van der Waals surface area contributed by atoms with Crippen LogP contribution in [0.3, 0.4) is 0 Å². The average Bonchev–Trinajstić information content (AvgIpc) is 2.69. The number of benzene rings is 1. The van der Waals surface area contributed by atoms with Gasteiger partial charge in [-0.25, -0.2) is 0 Å². The van der Waals surface area contributed by atoms with E-state index in [9.17, 15) is 10.1 Å². The van der Waals surface area contributed by atoms with Crippen LogP contribution in [0.5, 0.6) is 0 Å². The van der Waals surface area contributed by atoms with E-state index in [0.717, 1.165) is 15.6 Å². The molecule has 0 aliphatic rings. The SMILES string of the molecule is Cc1cc(NCc2cc(Br)c(Br)o2)c([N+](=O)[O-])cc1C. The summed E-state index contributed by atoms with van der Waals surface area (Å²) >= 11 is 6.58. The summed E-state index contributed by atoms with van der Waals surface area (Å²) in [6, 6.07) is 5.16. The van der Waals surface area contributed by atoms with E-state index in [4.69, 9.17) is 4.42 Å². The number of halogens is 2. The summed E-state index contributed by atoms with van der Waals surface area (Å²) in [6.07, 6.45) is 0. The van der Waals surface area contributed by atoms with E-state index >= 15 is 0 Å². The van der Waals surface area contributed by atoms with Crippen molar-refractivity contribution in [3.8, 4) is 0 Å². The van der Waals surface area contributed by atoms with E-state index in [1.165, 1.54) is 0 Å². The first-order valence-corrected chi connectivity index (χ1v) is 7.40. The molecule has 0 fully saturated rings. The Morgan fingerprint density at radius 2 is 1.90 bits per heavy atom. The Labute approximate surface area is 132 Å². The third-order valence-corrected chi connectivity index (χ3v) is 4.67. The molecular weight excluding hydrogens is 392 g/mol. The predicted octanol–water partition coefficient (Wildman–Crippen LogP) is 4.94. The van der Waals surface area contributed by atoms with Crippen LogP contribution < -0.4 is 5.32 Å². The van der Waals surface area contributed by atoms with Crippen LogP contribution in [0, 0.1) is 24.0 Å². The van der Waals surface area contributed by atoms with E-state index in [1.807, 2.05) is 19.9 Å². The third-order valence-electron chi connectivity index (χ3n) is 2.96. The molecule has 0 bridgehead atoms. The van der Waals surface area contributed by atoms with Gasteiger partial charge in [-0.1, -0.05) is 0 Å². The van der Waals surface area contributed by atoms with Crippen molar-refractivity contribution in [3.05, 3.63) is 54.3 Å². The lowest BCUT2D eigenvalue weighted by molar-refractivity contribution is -0.384. The van der Waals surface area contributed by atoms with Gasteiger partial charge in [-0.05, 0) is 69.0 Å². The van der Waals surface area contributed by atoms with E-state index in [-0.39, 0.29) is 10.6 Å². The molecule has 0 unspecified atom stereocenters. The zero-order chi connectivity index (χ0) is 14.9. The van der Waals surface area contributed by atoms with Gasteiger partial charge in [0, 0.05) is 6.07 Å². The first-order valence-electron chi connectivity index (χ1n) is 5.81. The maximum absolute atomic E-state index is 11.1. The number of furan rings is 1. The maximum atomic E-state index is 11.1. The molecule has 0 spiro atoms. The van der Waals surface area contributed by atoms with E-state index < -0.39 is 0 Å². The Balaban J connectivity index is 2.24. The minimum absolute atomic E-state index is 0.0674. The molecule has 7 heteroatoms. The topological polar surface area (TPSA) is 68.3 Å². The van der Waals surface area contributed by atoms with Gasteiger partial charge in [0.25, 0.3) is 5.69 Å². The number of aryl methyl sites for hydroxylation is 2. The first-order chi connectivity index (χ1) is 9.38. The van der Waals surface area contributed by atoms with Crippen molar-refractivity contribution in [1.29, 1.82) is 0 Å². The summed E-state index contributed by atoms with van der Waals surface area (Å²) in [4.78, 5) is 10.7. The molecule has 1 aromatic heterocycles. The molecule has 0 atom stereocenters. The second-order valence-corrected chi connectivity index (χ2v) is 5.97. The molecule has 5 nitrogen and oxygen atoms in total. The lowest BCUT2D eigenvalue weighted by Gasteiger charge is -2.08. The standard InChI is InChI=1S/C13H12Br2N2O3/c1-7-3-11(12(17(18)19)4-8(7)2)16-6-9-5-10(14)13(15)20-9/h3-5,16H,6H2,1-2H3. The van der Waals surface area contributed by atoms with Crippen LogP contribution in [0.2, 0.25) is 0 Å². The van der Waals surface area contributed by atoms with Crippen LogP contribution in [0.1, 0.15) is 16.9 Å². The Morgan fingerprint density at radius 3 is 2.45 bits per heavy atom. The van der Waals surface area contributed by atoms with Crippen molar-refractivity contribution in [3.63, 3.8) is 0 Å². The molecule has 0 saturated carbocycles. The number of rotatable bonds is 4. The number of anilines is 1. The molecule has 0 amide bonds. The van der Waals surface area contributed by atoms with Crippen molar-refractivity contribution in [1.82, 2.24) is 0 Å². The van der Waals surface area contributed by atoms with Gasteiger partial charge >= 0.3 is 0 Å². The Kier molecular flexibility index (Phi) is 4.49. The van der Waals surface area contributed by atoms with Crippen molar-refractivity contribution in [2.24, 2.45) is 0 Å². The van der Waals surface area contributed by atoms with Crippen molar-refractivity contribution in [2.75, 3.05) is 5.32 Å². The molecule has 0 aliphatic heterocycles. The summed E-state index contributed by atoms with van der Waals surface area (Å²) in [7, 11) is 0. The van der Waals surface area contributed by atoms with Crippen LogP contribution in [-0.4, -0.2) is 4.92 Å². The molecule has 0 aliphatic carbocycles. The lowest BCUT2D eigenvalue weighted by atomic mass is 10.1. The van der Waals surface area contributed by atoms with Crippen LogP contribution in [-0.2, 0) is 6.54 Å². The number of nitrogens with one attached hydrogen (secondary N) is 1. The quantitative estimate of drug-likeness (QED) is 0.579. The monoisotopic (exact) mass is 402 g/mol. The molecule has 2 aromatic rings. The van der Waals surface area contributed by atoms with Gasteiger partial charge in [-0.2, -0.15) is 0 Å². The van der Waals surface area contributed by atoms with Crippen LogP contribution in [0.4, 0.5) is 11.4 Å². The summed E-state index contributed by atoms with van der Waals surface area (Å²) in [5.74, 6) is 0.677. The van der Waals surface area contributed by atoms with Crippen LogP contribution in [0.15, 0.2) is 31.8 Å². The zero-order valence-corrected chi connectivity index (χ0v) is 14.0. The molecule has 0 radical (unpaired) electrons. The molecule has 106 valence electrons. The van der Waals surface area contributed by atoms with Gasteiger partial charge in [0.15, 0.2) is 4.67 Å². The largest absolute Gasteiger partial charge is 0.451 e. The summed E-state index contributed by atoms with van der Waals surface area (Å²) in [5, 5.41) is 14.1. The van der Waals surface area contributed by atoms with Gasteiger partial charge in [0.2, 0.25) is 0 Å². The Bertz CT molecular complexity index is 648. The maximum Gasteiger partial charge on any atom is 0.292 e. The van der Waals surface area contributed by atoms with Crippen LogP contribution in [0.25, 0.3) is 0 Å². The van der Waals surface area contributed by atoms with Gasteiger partial charge in [0.05, 0.1) is 15.9 Å². The fraction of sp³-hybridized carbons (Fsp3) is 0.231. The second-order valence-electron chi connectivity index (χ2n) is 4.40. The fourth-order valence-corrected chi connectivity index (χ4v) is 2.41. The number of nitrogens with zero attached hydrogens (tertiary/aromatic N) is 1. The molecule has 1 N–H and O–H groups in total. The zero-order valence-electron chi connectivity index (χ0n) is 10.9. The first kappa shape index (κ1) is 15.1. The number of hydrogen-bond acceptors (Lipinski definition) is 4. The van der Waals surface area contributed by atoms with E-state index in [2.05, 4.69) is 37.2 Å². The van der Waals surface area contributed by atoms with E-state index in [0.29, 0.717) is 22.7 Å². The highest BCUT2D eigenvalue weighted by molar-refractivity contribution is 9.13. The lowest BCUT2D eigenvalue weighted by Crippen LogP contribution is -2.03. The average molecular weight is 404 g/mol. The third kappa shape index (κ3) is 3.21. The fourth-order valence-electron chi connectivity index (χ4n) is 1.75. The Morgan fingerprint density at radius 1 is 1.25 bits per heavy atom. The van der Waals surface area contributed by atoms with Gasteiger partial charge in [-0.15, -0.1) is 0 Å². The number of nitro benzene ring substituents is 1. The van der Waals surface area contributed by atoms with Crippen LogP contribution >= 0.6 is 31.9 Å². The summed E-state index contributed by atoms with van der Waals surface area (Å²) < 4.78 is 6.84. The highest BCUT2D eigenvalue weighted by atomic mass is 79.9. The van der Waals surface area contributed by atoms with Gasteiger partial charge < -0.3 is 9.73 Å². The van der Waals surface area contributed by atoms with Crippen molar-refractivity contribution in [2.45, 2.75) is 20.4 Å². The second kappa shape index (κ2) is 5.97. The minimum Gasteiger partial charge on any atom is -0.451 e. The minimum atomic E-state index is -0.386. The highest BCUT2D eigenvalue weighted by Gasteiger charge is 2.16. The smallest absolute Gasteiger partial charge is 0.292 e. The van der Waals surface area contributed by atoms with Gasteiger partial charge in [0.1, 0.15) is 11.4 Å². The predicted molar refractivity (Wildman–Crippen MR) is 84.0 cm³/mol. The Hall–Kier alpha value is -1.34. The number of hydrogen-bond donors (Lipinski definition) is 1. The van der Waals surface area contributed by atoms with E-state index in [1.54, 1.807) is 12.1 Å². The molecule has 1 aromatic carbocycles. The summed E-state index contributed by atoms with van der Waals surface area (Å²) in [5.41, 5.74) is 2.45. The van der Waals surface area contributed by atoms with Gasteiger partial charge in [-0.3, -0.25) is 10.1 Å². The molecule has 0 saturated heterocycles. The van der Waals surface area contributed by atoms with Crippen molar-refractivity contribution < 1.29 is 9.34 Å². The molecular formula is C13H12Br2N2O3.